The van der Waals surface area contributed by atoms with Gasteiger partial charge in [-0.2, -0.15) is 22.6 Å². The summed E-state index contributed by atoms with van der Waals surface area (Å²) in [6.07, 6.45) is -4.13. The van der Waals surface area contributed by atoms with E-state index < -0.39 is 21.8 Å². The third-order valence-electron chi connectivity index (χ3n) is 4.80. The molecule has 2 amide bonds. The van der Waals surface area contributed by atoms with Crippen LogP contribution in [0.3, 0.4) is 0 Å². The average molecular weight is 432 g/mol. The molecule has 29 heavy (non-hydrogen) atoms. The number of rotatable bonds is 3. The highest BCUT2D eigenvalue weighted by molar-refractivity contribution is 7.89. The average Bonchev–Trinajstić information content (AvgIpc) is 2.69. The summed E-state index contributed by atoms with van der Waals surface area (Å²) in [5.74, 6) is -0.537. The third kappa shape index (κ3) is 4.42. The van der Waals surface area contributed by atoms with Crippen molar-refractivity contribution in [2.24, 2.45) is 5.10 Å². The van der Waals surface area contributed by atoms with Crippen molar-refractivity contribution in [1.29, 1.82) is 0 Å². The zero-order valence-electron chi connectivity index (χ0n) is 15.5. The second-order valence-electron chi connectivity index (χ2n) is 6.68. The van der Waals surface area contributed by atoms with E-state index in [0.717, 1.165) is 33.6 Å². The largest absolute Gasteiger partial charge is 0.416 e. The van der Waals surface area contributed by atoms with E-state index in [4.69, 9.17) is 0 Å². The Morgan fingerprint density at radius 2 is 1.62 bits per heavy atom. The van der Waals surface area contributed by atoms with E-state index in [1.165, 1.54) is 11.9 Å². The highest BCUT2D eigenvalue weighted by Gasteiger charge is 2.34. The van der Waals surface area contributed by atoms with Crippen LogP contribution in [-0.2, 0) is 25.8 Å². The molecule has 1 saturated heterocycles. The fraction of sp³-hybridized carbons (Fsp3) is 0.471. The van der Waals surface area contributed by atoms with E-state index in [1.807, 2.05) is 0 Å². The van der Waals surface area contributed by atoms with Gasteiger partial charge in [0.15, 0.2) is 0 Å². The first kappa shape index (κ1) is 21.2. The lowest BCUT2D eigenvalue weighted by atomic mass is 10.1. The van der Waals surface area contributed by atoms with Gasteiger partial charge in [-0.05, 0) is 24.3 Å². The molecular weight excluding hydrogens is 413 g/mol. The maximum atomic E-state index is 12.7. The molecule has 8 nitrogen and oxygen atoms in total. The van der Waals surface area contributed by atoms with Gasteiger partial charge in [0, 0.05) is 46.1 Å². The van der Waals surface area contributed by atoms with E-state index in [1.54, 1.807) is 0 Å². The summed E-state index contributed by atoms with van der Waals surface area (Å²) >= 11 is 0. The van der Waals surface area contributed by atoms with Crippen LogP contribution < -0.4 is 0 Å². The lowest BCUT2D eigenvalue weighted by Gasteiger charge is -2.34. The summed E-state index contributed by atoms with van der Waals surface area (Å²) in [5.41, 5.74) is -0.685. The number of amides is 2. The van der Waals surface area contributed by atoms with Gasteiger partial charge in [-0.3, -0.25) is 9.59 Å². The molecule has 0 unspecified atom stereocenters. The summed E-state index contributed by atoms with van der Waals surface area (Å²) in [6.45, 7) is 0.263. The van der Waals surface area contributed by atoms with Crippen LogP contribution in [0.25, 0.3) is 0 Å². The number of hydrazone groups is 1. The number of benzene rings is 1. The zero-order chi connectivity index (χ0) is 21.4. The number of sulfonamides is 1. The van der Waals surface area contributed by atoms with Crippen LogP contribution in [-0.4, -0.2) is 73.4 Å². The summed E-state index contributed by atoms with van der Waals surface area (Å²) in [4.78, 5) is 25.2. The highest BCUT2D eigenvalue weighted by atomic mass is 32.2. The van der Waals surface area contributed by atoms with Crippen LogP contribution in [0.5, 0.6) is 0 Å². The van der Waals surface area contributed by atoms with Crippen LogP contribution in [0.1, 0.15) is 18.4 Å². The lowest BCUT2D eigenvalue weighted by Crippen LogP contribution is -2.52. The molecule has 2 heterocycles. The molecule has 0 spiro atoms. The van der Waals surface area contributed by atoms with Crippen molar-refractivity contribution in [2.45, 2.75) is 23.9 Å². The van der Waals surface area contributed by atoms with Crippen LogP contribution in [0.15, 0.2) is 34.3 Å². The van der Waals surface area contributed by atoms with Crippen molar-refractivity contribution in [3.05, 3.63) is 29.8 Å². The number of piperazine rings is 1. The Labute approximate surface area is 165 Å². The molecule has 2 aliphatic rings. The Hall–Kier alpha value is -2.47. The number of halogens is 3. The number of hydrogen-bond donors (Lipinski definition) is 0. The first-order valence-electron chi connectivity index (χ1n) is 8.81. The van der Waals surface area contributed by atoms with E-state index in [-0.39, 0.29) is 61.4 Å². The molecule has 0 bridgehead atoms. The molecule has 0 saturated carbocycles. The fourth-order valence-electron chi connectivity index (χ4n) is 3.10. The van der Waals surface area contributed by atoms with Crippen molar-refractivity contribution in [3.8, 4) is 0 Å². The number of alkyl halides is 3. The van der Waals surface area contributed by atoms with E-state index in [2.05, 4.69) is 5.10 Å². The van der Waals surface area contributed by atoms with Crippen molar-refractivity contribution in [3.63, 3.8) is 0 Å². The van der Waals surface area contributed by atoms with Gasteiger partial charge in [0.2, 0.25) is 15.9 Å². The summed E-state index contributed by atoms with van der Waals surface area (Å²) in [6, 6.07) is 3.32. The van der Waals surface area contributed by atoms with Crippen molar-refractivity contribution < 1.29 is 31.2 Å². The van der Waals surface area contributed by atoms with Crippen LogP contribution in [0, 0.1) is 0 Å². The molecule has 0 aromatic heterocycles. The minimum Gasteiger partial charge on any atom is -0.335 e. The molecule has 2 aliphatic heterocycles. The molecule has 1 aromatic rings. The molecule has 0 atom stereocenters. The molecule has 3 rings (SSSR count). The molecule has 0 radical (unpaired) electrons. The Morgan fingerprint density at radius 3 is 2.14 bits per heavy atom. The smallest absolute Gasteiger partial charge is 0.335 e. The third-order valence-corrected chi connectivity index (χ3v) is 6.71. The maximum absolute atomic E-state index is 12.7. The first-order valence-corrected chi connectivity index (χ1v) is 10.2. The number of carbonyl (C=O) groups excluding carboxylic acids is 2. The van der Waals surface area contributed by atoms with Crippen LogP contribution in [0.4, 0.5) is 13.2 Å². The Morgan fingerprint density at radius 1 is 1.03 bits per heavy atom. The van der Waals surface area contributed by atoms with E-state index in [9.17, 15) is 31.2 Å². The summed E-state index contributed by atoms with van der Waals surface area (Å²) < 4.78 is 64.5. The van der Waals surface area contributed by atoms with Gasteiger partial charge in [-0.25, -0.2) is 13.4 Å². The predicted octanol–water partition coefficient (Wildman–Crippen LogP) is 1.15. The minimum absolute atomic E-state index is 0.0111. The van der Waals surface area contributed by atoms with Gasteiger partial charge < -0.3 is 4.90 Å². The zero-order valence-corrected chi connectivity index (χ0v) is 16.3. The maximum Gasteiger partial charge on any atom is 0.416 e. The number of hydrogen-bond acceptors (Lipinski definition) is 5. The van der Waals surface area contributed by atoms with Crippen molar-refractivity contribution in [1.82, 2.24) is 14.2 Å². The molecule has 1 aromatic carbocycles. The second-order valence-corrected chi connectivity index (χ2v) is 8.62. The molecule has 0 N–H and O–H groups in total. The quantitative estimate of drug-likeness (QED) is 0.717. The fourth-order valence-corrected chi connectivity index (χ4v) is 4.52. The Bertz CT molecular complexity index is 936. The molecule has 1 fully saturated rings. The van der Waals surface area contributed by atoms with Gasteiger partial charge in [0.05, 0.1) is 10.5 Å². The van der Waals surface area contributed by atoms with Gasteiger partial charge >= 0.3 is 6.18 Å². The predicted molar refractivity (Wildman–Crippen MR) is 96.2 cm³/mol. The normalized spacial score (nSPS) is 19.3. The van der Waals surface area contributed by atoms with Crippen LogP contribution in [0.2, 0.25) is 0 Å². The summed E-state index contributed by atoms with van der Waals surface area (Å²) in [5, 5.41) is 5.08. The van der Waals surface area contributed by atoms with Crippen molar-refractivity contribution >= 4 is 27.5 Å². The highest BCUT2D eigenvalue weighted by Crippen LogP contribution is 2.30. The van der Waals surface area contributed by atoms with Gasteiger partial charge in [-0.1, -0.05) is 0 Å². The van der Waals surface area contributed by atoms with Gasteiger partial charge in [0.1, 0.15) is 5.71 Å². The summed E-state index contributed by atoms with van der Waals surface area (Å²) in [7, 11) is -2.51. The van der Waals surface area contributed by atoms with E-state index >= 15 is 0 Å². The SMILES string of the molecule is CN1N=C(C(=O)N2CCN(S(=O)(=O)c3ccc(C(F)(F)F)cc3)CC2)CCC1=O. The molecular formula is C17H19F3N4O4S. The number of nitrogens with zero attached hydrogens (tertiary/aromatic N) is 4. The Kier molecular flexibility index (Phi) is 5.68. The van der Waals surface area contributed by atoms with Crippen LogP contribution >= 0.6 is 0 Å². The van der Waals surface area contributed by atoms with Gasteiger partial charge in [0.25, 0.3) is 5.91 Å². The molecule has 12 heteroatoms. The standard InChI is InChI=1S/C17H19F3N4O4S/c1-22-15(25)7-6-14(21-22)16(26)23-8-10-24(11-9-23)29(27,28)13-4-2-12(3-5-13)17(18,19)20/h2-5H,6-11H2,1H3. The Balaban J connectivity index is 1.66. The topological polar surface area (TPSA) is 90.4 Å². The van der Waals surface area contributed by atoms with E-state index in [0.29, 0.717) is 0 Å². The number of carbonyl (C=O) groups is 2. The minimum atomic E-state index is -4.55. The lowest BCUT2D eigenvalue weighted by molar-refractivity contribution is -0.137. The monoisotopic (exact) mass is 432 g/mol. The molecule has 0 aliphatic carbocycles. The molecule has 158 valence electrons. The van der Waals surface area contributed by atoms with Crippen molar-refractivity contribution in [2.75, 3.05) is 33.2 Å². The van der Waals surface area contributed by atoms with Gasteiger partial charge in [-0.15, -0.1) is 0 Å². The first-order chi connectivity index (χ1) is 13.5. The second kappa shape index (κ2) is 7.75.